The normalized spacial score (nSPS) is 10.0. The van der Waals surface area contributed by atoms with Gasteiger partial charge < -0.3 is 9.47 Å². The van der Waals surface area contributed by atoms with E-state index in [0.717, 1.165) is 0 Å². The molecule has 2 rings (SSSR count). The maximum atomic E-state index is 12.2. The molecule has 0 fully saturated rings. The van der Waals surface area contributed by atoms with Crippen LogP contribution in [0.5, 0.6) is 11.5 Å². The molecule has 0 saturated heterocycles. The van der Waals surface area contributed by atoms with Crippen LogP contribution in [-0.2, 0) is 0 Å². The van der Waals surface area contributed by atoms with Gasteiger partial charge in [-0.3, -0.25) is 14.6 Å². The summed E-state index contributed by atoms with van der Waals surface area (Å²) in [6.07, 6.45) is 2.82. The molecule has 108 valence electrons. The fourth-order valence-electron chi connectivity index (χ4n) is 1.89. The second-order valence-corrected chi connectivity index (χ2v) is 4.33. The zero-order valence-corrected chi connectivity index (χ0v) is 11.8. The van der Waals surface area contributed by atoms with Crippen molar-refractivity contribution in [3.63, 3.8) is 0 Å². The third kappa shape index (κ3) is 3.45. The third-order valence-corrected chi connectivity index (χ3v) is 3.01. The largest absolute Gasteiger partial charge is 0.493 e. The van der Waals surface area contributed by atoms with Crippen LogP contribution < -0.4 is 9.47 Å². The van der Waals surface area contributed by atoms with Crippen LogP contribution in [0.3, 0.4) is 0 Å². The number of nitrogens with zero attached hydrogens (tertiary/aromatic N) is 1. The Morgan fingerprint density at radius 1 is 1.00 bits per heavy atom. The van der Waals surface area contributed by atoms with Gasteiger partial charge in [-0.15, -0.1) is 0 Å². The molecule has 0 aliphatic heterocycles. The van der Waals surface area contributed by atoms with E-state index in [9.17, 15) is 9.59 Å². The lowest BCUT2D eigenvalue weighted by Crippen LogP contribution is -2.09. The van der Waals surface area contributed by atoms with E-state index in [0.29, 0.717) is 22.6 Å². The number of aromatic nitrogens is 1. The van der Waals surface area contributed by atoms with Crippen LogP contribution in [0.15, 0.2) is 42.7 Å². The van der Waals surface area contributed by atoms with Crippen LogP contribution in [-0.4, -0.2) is 30.8 Å². The second kappa shape index (κ2) is 6.65. The molecule has 0 radical (unpaired) electrons. The standard InChI is InChI=1S/C16H15NO4/c1-20-15-6-5-11(8-16(15)21-2)13(18)9-14(19)12-4-3-7-17-10-12/h3-8,10H,9H2,1-2H3. The Hall–Kier alpha value is -2.69. The van der Waals surface area contributed by atoms with Gasteiger partial charge in [0.1, 0.15) is 0 Å². The molecule has 1 heterocycles. The molecule has 0 bridgehead atoms. The van der Waals surface area contributed by atoms with Crippen molar-refractivity contribution in [2.45, 2.75) is 6.42 Å². The number of rotatable bonds is 6. The first-order valence-corrected chi connectivity index (χ1v) is 6.34. The predicted octanol–water partition coefficient (Wildman–Crippen LogP) is 2.55. The van der Waals surface area contributed by atoms with Crippen molar-refractivity contribution < 1.29 is 19.1 Å². The second-order valence-electron chi connectivity index (χ2n) is 4.33. The van der Waals surface area contributed by atoms with Gasteiger partial charge in [0.2, 0.25) is 0 Å². The SMILES string of the molecule is COc1ccc(C(=O)CC(=O)c2cccnc2)cc1OC. The van der Waals surface area contributed by atoms with Gasteiger partial charge >= 0.3 is 0 Å². The molecule has 1 aromatic carbocycles. The van der Waals surface area contributed by atoms with Gasteiger partial charge in [0.05, 0.1) is 20.6 Å². The van der Waals surface area contributed by atoms with Crippen molar-refractivity contribution in [1.82, 2.24) is 4.98 Å². The Morgan fingerprint density at radius 2 is 1.71 bits per heavy atom. The van der Waals surface area contributed by atoms with Crippen LogP contribution in [0.25, 0.3) is 0 Å². The number of hydrogen-bond donors (Lipinski definition) is 0. The Morgan fingerprint density at radius 3 is 2.33 bits per heavy atom. The number of ether oxygens (including phenoxy) is 2. The molecule has 2 aromatic rings. The molecular weight excluding hydrogens is 270 g/mol. The van der Waals surface area contributed by atoms with Crippen molar-refractivity contribution >= 4 is 11.6 Å². The number of ketones is 2. The molecule has 0 amide bonds. The summed E-state index contributed by atoms with van der Waals surface area (Å²) in [6, 6.07) is 8.11. The molecule has 0 spiro atoms. The highest BCUT2D eigenvalue weighted by molar-refractivity contribution is 6.13. The maximum Gasteiger partial charge on any atom is 0.172 e. The fraction of sp³-hybridized carbons (Fsp3) is 0.188. The fourth-order valence-corrected chi connectivity index (χ4v) is 1.89. The van der Waals surface area contributed by atoms with Crippen LogP contribution >= 0.6 is 0 Å². The van der Waals surface area contributed by atoms with E-state index in [4.69, 9.17) is 9.47 Å². The summed E-state index contributed by atoms with van der Waals surface area (Å²) in [5.74, 6) is 0.456. The first kappa shape index (κ1) is 14.7. The van der Waals surface area contributed by atoms with Gasteiger partial charge in [0, 0.05) is 23.5 Å². The zero-order chi connectivity index (χ0) is 15.2. The van der Waals surface area contributed by atoms with Crippen LogP contribution in [0.4, 0.5) is 0 Å². The summed E-state index contributed by atoms with van der Waals surface area (Å²) in [5, 5.41) is 0. The molecule has 0 atom stereocenters. The molecule has 0 saturated carbocycles. The lowest BCUT2D eigenvalue weighted by Gasteiger charge is -2.08. The predicted molar refractivity (Wildman–Crippen MR) is 77.1 cm³/mol. The summed E-state index contributed by atoms with van der Waals surface area (Å²) in [6.45, 7) is 0. The minimum Gasteiger partial charge on any atom is -0.493 e. The first-order valence-electron chi connectivity index (χ1n) is 6.34. The van der Waals surface area contributed by atoms with Crippen LogP contribution in [0, 0.1) is 0 Å². The number of hydrogen-bond acceptors (Lipinski definition) is 5. The van der Waals surface area contributed by atoms with Crippen molar-refractivity contribution in [3.05, 3.63) is 53.9 Å². The van der Waals surface area contributed by atoms with Gasteiger partial charge in [-0.25, -0.2) is 0 Å². The third-order valence-electron chi connectivity index (χ3n) is 3.01. The van der Waals surface area contributed by atoms with Gasteiger partial charge in [-0.1, -0.05) is 0 Å². The Bertz CT molecular complexity index is 653. The van der Waals surface area contributed by atoms with Gasteiger partial charge in [-0.2, -0.15) is 0 Å². The quantitative estimate of drug-likeness (QED) is 0.603. The Kier molecular flexibility index (Phi) is 4.66. The smallest absolute Gasteiger partial charge is 0.172 e. The summed E-state index contributed by atoms with van der Waals surface area (Å²) < 4.78 is 10.3. The minimum atomic E-state index is -0.273. The van der Waals surface area contributed by atoms with E-state index in [1.807, 2.05) is 0 Å². The average molecular weight is 285 g/mol. The summed E-state index contributed by atoms with van der Waals surface area (Å²) >= 11 is 0. The molecular formula is C16H15NO4. The van der Waals surface area contributed by atoms with E-state index in [-0.39, 0.29) is 18.0 Å². The summed E-state index contributed by atoms with van der Waals surface area (Å²) in [5.41, 5.74) is 0.830. The van der Waals surface area contributed by atoms with E-state index in [1.54, 1.807) is 36.5 Å². The van der Waals surface area contributed by atoms with Crippen molar-refractivity contribution in [2.75, 3.05) is 14.2 Å². The van der Waals surface area contributed by atoms with Gasteiger partial charge in [0.15, 0.2) is 23.1 Å². The number of methoxy groups -OCH3 is 2. The first-order chi connectivity index (χ1) is 10.2. The molecule has 1 aromatic heterocycles. The molecule has 5 heteroatoms. The van der Waals surface area contributed by atoms with E-state index in [2.05, 4.69) is 4.98 Å². The number of carbonyl (C=O) groups is 2. The minimum absolute atomic E-state index is 0.207. The maximum absolute atomic E-state index is 12.2. The molecule has 21 heavy (non-hydrogen) atoms. The summed E-state index contributed by atoms with van der Waals surface area (Å²) in [7, 11) is 3.01. The lowest BCUT2D eigenvalue weighted by molar-refractivity contribution is 0.0894. The molecule has 0 aliphatic rings. The van der Waals surface area contributed by atoms with E-state index in [1.165, 1.54) is 20.4 Å². The zero-order valence-electron chi connectivity index (χ0n) is 11.8. The van der Waals surface area contributed by atoms with Gasteiger partial charge in [0.25, 0.3) is 0 Å². The Balaban J connectivity index is 2.15. The monoisotopic (exact) mass is 285 g/mol. The van der Waals surface area contributed by atoms with E-state index >= 15 is 0 Å². The van der Waals surface area contributed by atoms with Crippen LogP contribution in [0.1, 0.15) is 27.1 Å². The molecule has 0 aliphatic carbocycles. The number of pyridine rings is 1. The van der Waals surface area contributed by atoms with Crippen molar-refractivity contribution in [1.29, 1.82) is 0 Å². The molecule has 0 N–H and O–H groups in total. The highest BCUT2D eigenvalue weighted by Gasteiger charge is 2.15. The Labute approximate surface area is 122 Å². The van der Waals surface area contributed by atoms with E-state index < -0.39 is 0 Å². The molecule has 5 nitrogen and oxygen atoms in total. The lowest BCUT2D eigenvalue weighted by atomic mass is 10.0. The number of benzene rings is 1. The summed E-state index contributed by atoms with van der Waals surface area (Å²) in [4.78, 5) is 28.0. The number of carbonyl (C=O) groups excluding carboxylic acids is 2. The highest BCUT2D eigenvalue weighted by atomic mass is 16.5. The van der Waals surface area contributed by atoms with Crippen molar-refractivity contribution in [2.24, 2.45) is 0 Å². The highest BCUT2D eigenvalue weighted by Crippen LogP contribution is 2.28. The molecule has 0 unspecified atom stereocenters. The average Bonchev–Trinajstić information content (AvgIpc) is 2.54. The van der Waals surface area contributed by atoms with Crippen LogP contribution in [0.2, 0.25) is 0 Å². The van der Waals surface area contributed by atoms with Crippen molar-refractivity contribution in [3.8, 4) is 11.5 Å². The topological polar surface area (TPSA) is 65.5 Å². The number of Topliss-reactive ketones (excluding diaryl/α,β-unsaturated/α-hetero) is 2. The van der Waals surface area contributed by atoms with Gasteiger partial charge in [-0.05, 0) is 30.3 Å².